The Labute approximate surface area is 133 Å². The van der Waals surface area contributed by atoms with Crippen LogP contribution in [0.4, 0.5) is 0 Å². The summed E-state index contributed by atoms with van der Waals surface area (Å²) in [7, 11) is 0. The highest BCUT2D eigenvalue weighted by Gasteiger charge is 2.08. The normalized spacial score (nSPS) is 10.6. The molecule has 0 spiro atoms. The molecular formula is C18H14ClNO2. The predicted molar refractivity (Wildman–Crippen MR) is 88.2 cm³/mol. The van der Waals surface area contributed by atoms with Gasteiger partial charge in [-0.2, -0.15) is 0 Å². The summed E-state index contributed by atoms with van der Waals surface area (Å²) in [6.45, 7) is 0.400. The monoisotopic (exact) mass is 311 g/mol. The number of rotatable bonds is 4. The van der Waals surface area contributed by atoms with Gasteiger partial charge in [-0.05, 0) is 34.5 Å². The van der Waals surface area contributed by atoms with Gasteiger partial charge < -0.3 is 10.5 Å². The summed E-state index contributed by atoms with van der Waals surface area (Å²) < 4.78 is 5.78. The van der Waals surface area contributed by atoms with Crippen LogP contribution in [-0.4, -0.2) is 5.91 Å². The van der Waals surface area contributed by atoms with Crippen molar-refractivity contribution in [3.8, 4) is 5.75 Å². The van der Waals surface area contributed by atoms with Crippen LogP contribution < -0.4 is 10.5 Å². The molecule has 4 heteroatoms. The van der Waals surface area contributed by atoms with E-state index in [0.29, 0.717) is 22.9 Å². The fraction of sp³-hybridized carbons (Fsp3) is 0.0556. The van der Waals surface area contributed by atoms with Gasteiger partial charge in [0.25, 0.3) is 0 Å². The lowest BCUT2D eigenvalue weighted by Gasteiger charge is -2.11. The molecule has 3 nitrogen and oxygen atoms in total. The Hall–Kier alpha value is -2.52. The Morgan fingerprint density at radius 2 is 1.82 bits per heavy atom. The second-order valence-electron chi connectivity index (χ2n) is 4.94. The lowest BCUT2D eigenvalue weighted by atomic mass is 10.1. The number of amides is 1. The van der Waals surface area contributed by atoms with Gasteiger partial charge in [-0.3, -0.25) is 4.79 Å². The number of halogens is 1. The highest BCUT2D eigenvalue weighted by atomic mass is 35.5. The van der Waals surface area contributed by atoms with E-state index in [1.165, 1.54) is 11.5 Å². The first-order valence-corrected chi connectivity index (χ1v) is 7.22. The Morgan fingerprint density at radius 3 is 2.59 bits per heavy atom. The van der Waals surface area contributed by atoms with Gasteiger partial charge in [0.2, 0.25) is 5.91 Å². The van der Waals surface area contributed by atoms with Crippen LogP contribution in [0, 0.1) is 0 Å². The third kappa shape index (κ3) is 2.90. The Bertz CT molecular complexity index is 840. The van der Waals surface area contributed by atoms with Gasteiger partial charge in [-0.15, -0.1) is 0 Å². The molecule has 0 aliphatic carbocycles. The molecule has 22 heavy (non-hydrogen) atoms. The first kappa shape index (κ1) is 14.4. The first-order chi connectivity index (χ1) is 10.6. The summed E-state index contributed by atoms with van der Waals surface area (Å²) in [5.41, 5.74) is 6.66. The van der Waals surface area contributed by atoms with Crippen LogP contribution in [0.5, 0.6) is 5.75 Å². The maximum atomic E-state index is 11.1. The van der Waals surface area contributed by atoms with Crippen molar-refractivity contribution in [3.05, 3.63) is 76.8 Å². The van der Waals surface area contributed by atoms with Gasteiger partial charge in [0.05, 0.1) is 5.02 Å². The summed E-state index contributed by atoms with van der Waals surface area (Å²) in [5.74, 6) is 0.0158. The lowest BCUT2D eigenvalue weighted by Crippen LogP contribution is -2.10. The third-order valence-electron chi connectivity index (χ3n) is 3.48. The van der Waals surface area contributed by atoms with Crippen LogP contribution >= 0.6 is 11.6 Å². The molecule has 0 radical (unpaired) electrons. The average molecular weight is 312 g/mol. The maximum absolute atomic E-state index is 11.1. The fourth-order valence-corrected chi connectivity index (χ4v) is 2.58. The first-order valence-electron chi connectivity index (χ1n) is 6.84. The number of carbonyl (C=O) groups is 1. The lowest BCUT2D eigenvalue weighted by molar-refractivity contribution is 0.1000. The molecule has 0 bridgehead atoms. The van der Waals surface area contributed by atoms with Crippen LogP contribution in [0.25, 0.3) is 10.8 Å². The van der Waals surface area contributed by atoms with Crippen molar-refractivity contribution in [2.45, 2.75) is 6.61 Å². The van der Waals surface area contributed by atoms with Crippen molar-refractivity contribution in [3.63, 3.8) is 0 Å². The minimum atomic E-state index is -0.512. The zero-order valence-electron chi connectivity index (χ0n) is 11.8. The van der Waals surface area contributed by atoms with E-state index < -0.39 is 5.91 Å². The summed E-state index contributed by atoms with van der Waals surface area (Å²) in [4.78, 5) is 11.1. The predicted octanol–water partition coefficient (Wildman–Crippen LogP) is 4.17. The van der Waals surface area contributed by atoms with Crippen LogP contribution in [0.1, 0.15) is 15.9 Å². The molecular weight excluding hydrogens is 298 g/mol. The van der Waals surface area contributed by atoms with E-state index in [4.69, 9.17) is 22.1 Å². The topological polar surface area (TPSA) is 52.3 Å². The molecule has 1 amide bonds. The van der Waals surface area contributed by atoms with E-state index in [9.17, 15) is 4.79 Å². The van der Waals surface area contributed by atoms with Crippen molar-refractivity contribution >= 4 is 28.3 Å². The molecule has 3 rings (SSSR count). The maximum Gasteiger partial charge on any atom is 0.248 e. The molecule has 0 heterocycles. The number of nitrogens with two attached hydrogens (primary N) is 1. The van der Waals surface area contributed by atoms with Gasteiger partial charge in [-0.25, -0.2) is 0 Å². The fourth-order valence-electron chi connectivity index (χ4n) is 2.35. The van der Waals surface area contributed by atoms with Crippen molar-refractivity contribution < 1.29 is 9.53 Å². The van der Waals surface area contributed by atoms with E-state index in [1.807, 2.05) is 24.3 Å². The van der Waals surface area contributed by atoms with Crippen LogP contribution in [-0.2, 0) is 6.61 Å². The molecule has 0 aliphatic rings. The molecule has 3 aromatic rings. The van der Waals surface area contributed by atoms with Gasteiger partial charge in [0.1, 0.15) is 12.4 Å². The van der Waals surface area contributed by atoms with Crippen molar-refractivity contribution in [2.24, 2.45) is 5.73 Å². The highest BCUT2D eigenvalue weighted by Crippen LogP contribution is 2.27. The molecule has 110 valence electrons. The van der Waals surface area contributed by atoms with Crippen molar-refractivity contribution in [2.75, 3.05) is 0 Å². The van der Waals surface area contributed by atoms with Gasteiger partial charge >= 0.3 is 0 Å². The summed E-state index contributed by atoms with van der Waals surface area (Å²) >= 11 is 6.13. The molecule has 0 fully saturated rings. The molecule has 0 saturated carbocycles. The van der Waals surface area contributed by atoms with Crippen LogP contribution in [0.15, 0.2) is 60.7 Å². The highest BCUT2D eigenvalue weighted by molar-refractivity contribution is 6.32. The second-order valence-corrected chi connectivity index (χ2v) is 5.34. The molecule has 0 unspecified atom stereocenters. The Kier molecular flexibility index (Phi) is 3.98. The average Bonchev–Trinajstić information content (AvgIpc) is 2.53. The van der Waals surface area contributed by atoms with Gasteiger partial charge in [0, 0.05) is 5.56 Å². The zero-order chi connectivity index (χ0) is 15.5. The molecule has 2 N–H and O–H groups in total. The molecule has 0 aliphatic heterocycles. The molecule has 3 aromatic carbocycles. The summed E-state index contributed by atoms with van der Waals surface area (Å²) in [6, 6.07) is 19.0. The van der Waals surface area contributed by atoms with E-state index in [2.05, 4.69) is 18.2 Å². The van der Waals surface area contributed by atoms with Crippen molar-refractivity contribution in [1.82, 2.24) is 0 Å². The standard InChI is InChI=1S/C18H14ClNO2/c19-16-10-13(18(20)21)8-9-17(16)22-11-14-6-3-5-12-4-1-2-7-15(12)14/h1-10H,11H2,(H2,20,21). The Balaban J connectivity index is 1.84. The van der Waals surface area contributed by atoms with Crippen LogP contribution in [0.2, 0.25) is 5.02 Å². The van der Waals surface area contributed by atoms with Gasteiger partial charge in [0.15, 0.2) is 0 Å². The zero-order valence-corrected chi connectivity index (χ0v) is 12.5. The SMILES string of the molecule is NC(=O)c1ccc(OCc2cccc3ccccc23)c(Cl)c1. The summed E-state index contributed by atoms with van der Waals surface area (Å²) in [6.07, 6.45) is 0. The third-order valence-corrected chi connectivity index (χ3v) is 3.77. The molecule has 0 aromatic heterocycles. The number of fused-ring (bicyclic) bond motifs is 1. The van der Waals surface area contributed by atoms with Gasteiger partial charge in [-0.1, -0.05) is 54.1 Å². The second kappa shape index (κ2) is 6.08. The van der Waals surface area contributed by atoms with E-state index in [-0.39, 0.29) is 0 Å². The van der Waals surface area contributed by atoms with Crippen LogP contribution in [0.3, 0.4) is 0 Å². The number of carbonyl (C=O) groups excluding carboxylic acids is 1. The quantitative estimate of drug-likeness (QED) is 0.786. The minimum absolute atomic E-state index is 0.363. The smallest absolute Gasteiger partial charge is 0.248 e. The van der Waals surface area contributed by atoms with Crippen molar-refractivity contribution in [1.29, 1.82) is 0 Å². The number of hydrogen-bond donors (Lipinski definition) is 1. The number of hydrogen-bond acceptors (Lipinski definition) is 2. The Morgan fingerprint density at radius 1 is 1.05 bits per heavy atom. The minimum Gasteiger partial charge on any atom is -0.487 e. The number of primary amides is 1. The van der Waals surface area contributed by atoms with E-state index in [1.54, 1.807) is 12.1 Å². The largest absolute Gasteiger partial charge is 0.487 e. The molecule has 0 saturated heterocycles. The summed E-state index contributed by atoms with van der Waals surface area (Å²) in [5, 5.41) is 2.69. The van der Waals surface area contributed by atoms with E-state index >= 15 is 0 Å². The molecule has 0 atom stereocenters. The number of ether oxygens (including phenoxy) is 1. The number of benzene rings is 3. The van der Waals surface area contributed by atoms with E-state index in [0.717, 1.165) is 10.9 Å².